The highest BCUT2D eigenvalue weighted by Gasteiger charge is 2.13. The first kappa shape index (κ1) is 14.1. The van der Waals surface area contributed by atoms with Gasteiger partial charge in [-0.05, 0) is 37.3 Å². The molecular formula is C15H15F2NO2. The molecule has 2 N–H and O–H groups in total. The Morgan fingerprint density at radius 1 is 1.15 bits per heavy atom. The zero-order chi connectivity index (χ0) is 14.7. The van der Waals surface area contributed by atoms with Crippen LogP contribution in [0.15, 0.2) is 36.4 Å². The standard InChI is InChI=1S/C15H15F2NO2/c1-9(12-8-11(20-2)4-6-15(12)19)18-14-5-3-10(16)7-13(14)17/h3-9,18-19H,1-2H3. The van der Waals surface area contributed by atoms with Crippen molar-refractivity contribution >= 4 is 5.69 Å². The molecule has 106 valence electrons. The van der Waals surface area contributed by atoms with E-state index in [0.29, 0.717) is 11.3 Å². The predicted molar refractivity (Wildman–Crippen MR) is 73.1 cm³/mol. The number of phenolic OH excluding ortho intramolecular Hbond substituents is 1. The Balaban J connectivity index is 2.25. The molecule has 1 unspecified atom stereocenters. The Hall–Kier alpha value is -2.30. The van der Waals surface area contributed by atoms with Gasteiger partial charge >= 0.3 is 0 Å². The molecule has 2 rings (SSSR count). The lowest BCUT2D eigenvalue weighted by molar-refractivity contribution is 0.410. The molecule has 0 fully saturated rings. The summed E-state index contributed by atoms with van der Waals surface area (Å²) in [6.07, 6.45) is 0. The topological polar surface area (TPSA) is 41.5 Å². The molecule has 3 nitrogen and oxygen atoms in total. The van der Waals surface area contributed by atoms with Crippen LogP contribution in [0.2, 0.25) is 0 Å². The summed E-state index contributed by atoms with van der Waals surface area (Å²) in [5.74, 6) is -0.650. The molecule has 0 amide bonds. The second kappa shape index (κ2) is 5.77. The van der Waals surface area contributed by atoms with E-state index in [1.165, 1.54) is 25.3 Å². The van der Waals surface area contributed by atoms with E-state index in [-0.39, 0.29) is 17.5 Å². The normalized spacial score (nSPS) is 12.0. The van der Waals surface area contributed by atoms with Gasteiger partial charge in [-0.3, -0.25) is 0 Å². The fraction of sp³-hybridized carbons (Fsp3) is 0.200. The Labute approximate surface area is 115 Å². The molecule has 0 heterocycles. The monoisotopic (exact) mass is 279 g/mol. The van der Waals surface area contributed by atoms with E-state index in [4.69, 9.17) is 4.74 Å². The minimum absolute atomic E-state index is 0.0771. The molecule has 0 spiro atoms. The maximum atomic E-state index is 13.6. The molecular weight excluding hydrogens is 264 g/mol. The van der Waals surface area contributed by atoms with Gasteiger partial charge in [0.05, 0.1) is 18.8 Å². The predicted octanol–water partition coefficient (Wildman–Crippen LogP) is 3.85. The first-order valence-electron chi connectivity index (χ1n) is 6.09. The highest BCUT2D eigenvalue weighted by Crippen LogP contribution is 2.31. The van der Waals surface area contributed by atoms with Crippen LogP contribution in [0, 0.1) is 11.6 Å². The molecule has 5 heteroatoms. The zero-order valence-electron chi connectivity index (χ0n) is 11.2. The van der Waals surface area contributed by atoms with E-state index in [2.05, 4.69) is 5.32 Å². The van der Waals surface area contributed by atoms with Gasteiger partial charge in [-0.15, -0.1) is 0 Å². The van der Waals surface area contributed by atoms with Crippen molar-refractivity contribution in [3.63, 3.8) is 0 Å². The lowest BCUT2D eigenvalue weighted by Gasteiger charge is -2.18. The molecule has 0 radical (unpaired) electrons. The van der Waals surface area contributed by atoms with Gasteiger partial charge in [-0.2, -0.15) is 0 Å². The highest BCUT2D eigenvalue weighted by atomic mass is 19.1. The van der Waals surface area contributed by atoms with E-state index in [0.717, 1.165) is 6.07 Å². The number of benzene rings is 2. The minimum Gasteiger partial charge on any atom is -0.508 e. The number of aromatic hydroxyl groups is 1. The molecule has 2 aromatic rings. The fourth-order valence-corrected chi connectivity index (χ4v) is 1.92. The highest BCUT2D eigenvalue weighted by molar-refractivity contribution is 5.50. The van der Waals surface area contributed by atoms with Crippen molar-refractivity contribution in [2.24, 2.45) is 0 Å². The molecule has 0 saturated carbocycles. The summed E-state index contributed by atoms with van der Waals surface area (Å²) in [4.78, 5) is 0. The van der Waals surface area contributed by atoms with Gasteiger partial charge in [0, 0.05) is 11.6 Å². The van der Waals surface area contributed by atoms with Gasteiger partial charge in [0.2, 0.25) is 0 Å². The SMILES string of the molecule is COc1ccc(O)c(C(C)Nc2ccc(F)cc2F)c1. The third kappa shape index (κ3) is 2.99. The van der Waals surface area contributed by atoms with Crippen molar-refractivity contribution in [1.29, 1.82) is 0 Å². The van der Waals surface area contributed by atoms with E-state index >= 15 is 0 Å². The van der Waals surface area contributed by atoms with Crippen LogP contribution in [0.3, 0.4) is 0 Å². The number of ether oxygens (including phenoxy) is 1. The first-order valence-corrected chi connectivity index (χ1v) is 6.09. The van der Waals surface area contributed by atoms with Crippen molar-refractivity contribution in [3.8, 4) is 11.5 Å². The Kier molecular flexibility index (Phi) is 4.08. The Morgan fingerprint density at radius 2 is 1.90 bits per heavy atom. The van der Waals surface area contributed by atoms with Crippen molar-refractivity contribution < 1.29 is 18.6 Å². The molecule has 0 saturated heterocycles. The quantitative estimate of drug-likeness (QED) is 0.893. The molecule has 0 aliphatic rings. The maximum Gasteiger partial charge on any atom is 0.149 e. The number of hydrogen-bond acceptors (Lipinski definition) is 3. The smallest absolute Gasteiger partial charge is 0.149 e. The summed E-state index contributed by atoms with van der Waals surface area (Å²) in [5, 5.41) is 12.7. The number of nitrogens with one attached hydrogen (secondary N) is 1. The third-order valence-electron chi connectivity index (χ3n) is 3.00. The Morgan fingerprint density at radius 3 is 2.55 bits per heavy atom. The van der Waals surface area contributed by atoms with Crippen LogP contribution in [0.5, 0.6) is 11.5 Å². The lowest BCUT2D eigenvalue weighted by atomic mass is 10.1. The second-order valence-electron chi connectivity index (χ2n) is 4.41. The number of hydrogen-bond donors (Lipinski definition) is 2. The van der Waals surface area contributed by atoms with Gasteiger partial charge in [-0.1, -0.05) is 0 Å². The Bertz CT molecular complexity index is 617. The van der Waals surface area contributed by atoms with E-state index in [9.17, 15) is 13.9 Å². The number of halogens is 2. The van der Waals surface area contributed by atoms with Crippen molar-refractivity contribution in [1.82, 2.24) is 0 Å². The van der Waals surface area contributed by atoms with E-state index in [1.807, 2.05) is 0 Å². The van der Waals surface area contributed by atoms with Crippen LogP contribution in [0.25, 0.3) is 0 Å². The number of phenols is 1. The molecule has 1 atom stereocenters. The van der Waals surface area contributed by atoms with Crippen LogP contribution >= 0.6 is 0 Å². The summed E-state index contributed by atoms with van der Waals surface area (Å²) in [7, 11) is 1.52. The summed E-state index contributed by atoms with van der Waals surface area (Å²) >= 11 is 0. The van der Waals surface area contributed by atoms with Crippen molar-refractivity contribution in [2.75, 3.05) is 12.4 Å². The number of methoxy groups -OCH3 is 1. The largest absolute Gasteiger partial charge is 0.508 e. The number of anilines is 1. The van der Waals surface area contributed by atoms with Gasteiger partial charge in [-0.25, -0.2) is 8.78 Å². The average Bonchev–Trinajstić information content (AvgIpc) is 2.42. The van der Waals surface area contributed by atoms with Crippen LogP contribution < -0.4 is 10.1 Å². The van der Waals surface area contributed by atoms with Gasteiger partial charge in [0.15, 0.2) is 0 Å². The van der Waals surface area contributed by atoms with Gasteiger partial charge in [0.25, 0.3) is 0 Å². The first-order chi connectivity index (χ1) is 9.51. The van der Waals surface area contributed by atoms with Crippen molar-refractivity contribution in [2.45, 2.75) is 13.0 Å². The molecule has 2 aromatic carbocycles. The van der Waals surface area contributed by atoms with E-state index in [1.54, 1.807) is 19.1 Å². The minimum atomic E-state index is -0.681. The van der Waals surface area contributed by atoms with Crippen LogP contribution in [-0.2, 0) is 0 Å². The molecule has 0 aliphatic heterocycles. The lowest BCUT2D eigenvalue weighted by Crippen LogP contribution is -2.08. The fourth-order valence-electron chi connectivity index (χ4n) is 1.92. The molecule has 0 aliphatic carbocycles. The average molecular weight is 279 g/mol. The van der Waals surface area contributed by atoms with Gasteiger partial charge in [0.1, 0.15) is 23.1 Å². The summed E-state index contributed by atoms with van der Waals surface area (Å²) < 4.78 is 31.5. The molecule has 20 heavy (non-hydrogen) atoms. The van der Waals surface area contributed by atoms with E-state index < -0.39 is 11.6 Å². The summed E-state index contributed by atoms with van der Waals surface area (Å²) in [6.45, 7) is 1.76. The van der Waals surface area contributed by atoms with Crippen LogP contribution in [0.4, 0.5) is 14.5 Å². The summed E-state index contributed by atoms with van der Waals surface area (Å²) in [6, 6.07) is 7.72. The zero-order valence-corrected chi connectivity index (χ0v) is 11.2. The van der Waals surface area contributed by atoms with Crippen LogP contribution in [-0.4, -0.2) is 12.2 Å². The van der Waals surface area contributed by atoms with Crippen LogP contribution in [0.1, 0.15) is 18.5 Å². The molecule has 0 bridgehead atoms. The van der Waals surface area contributed by atoms with Crippen molar-refractivity contribution in [3.05, 3.63) is 53.6 Å². The molecule has 0 aromatic heterocycles. The van der Waals surface area contributed by atoms with Gasteiger partial charge < -0.3 is 15.2 Å². The summed E-state index contributed by atoms with van der Waals surface area (Å²) in [5.41, 5.74) is 0.731. The second-order valence-corrected chi connectivity index (χ2v) is 4.41. The maximum absolute atomic E-state index is 13.6. The third-order valence-corrected chi connectivity index (χ3v) is 3.00. The number of rotatable bonds is 4.